The molecule has 0 aliphatic carbocycles. The molecular weight excluding hydrogens is 394 g/mol. The maximum Gasteiger partial charge on any atom is 0.262 e. The summed E-state index contributed by atoms with van der Waals surface area (Å²) < 4.78 is 11.2. The van der Waals surface area contributed by atoms with Crippen molar-refractivity contribution >= 4 is 34.8 Å². The van der Waals surface area contributed by atoms with Gasteiger partial charge in [-0.15, -0.1) is 0 Å². The molecule has 7 nitrogen and oxygen atoms in total. The van der Waals surface area contributed by atoms with Gasteiger partial charge in [-0.2, -0.15) is 0 Å². The van der Waals surface area contributed by atoms with E-state index in [0.29, 0.717) is 10.7 Å². The Labute approximate surface area is 174 Å². The molecule has 2 aromatic carbocycles. The normalized spacial score (nSPS) is 18.9. The van der Waals surface area contributed by atoms with Crippen molar-refractivity contribution < 1.29 is 19.1 Å². The molecule has 0 bridgehead atoms. The molecule has 1 saturated heterocycles. The van der Waals surface area contributed by atoms with Crippen molar-refractivity contribution in [2.24, 2.45) is 5.73 Å². The summed E-state index contributed by atoms with van der Waals surface area (Å²) in [5.74, 6) is -0.841. The highest BCUT2D eigenvalue weighted by atomic mass is 35.5. The number of hydrogen-bond donors (Lipinski definition) is 2. The van der Waals surface area contributed by atoms with Gasteiger partial charge < -0.3 is 25.4 Å². The van der Waals surface area contributed by atoms with Crippen molar-refractivity contribution in [2.75, 3.05) is 29.9 Å². The molecule has 0 radical (unpaired) electrons. The number of hydrogen-bond acceptors (Lipinski definition) is 5. The van der Waals surface area contributed by atoms with Gasteiger partial charge in [0.1, 0.15) is 5.75 Å². The molecule has 1 aliphatic heterocycles. The number of carbonyl (C=O) groups excluding carboxylic acids is 2. The summed E-state index contributed by atoms with van der Waals surface area (Å²) in [6.07, 6.45) is 0.346. The standard InChI is InChI=1S/C21H24ClN3O4/c1-13-10-25(11-14(2)29-13)17-6-4-16(5-7-17)24-20(26)12-28-19-9-15(22)3-8-18(19)21(23)27/h3-9,13-14H,10-12H2,1-2H3,(H2,23,27)(H,24,26). The first kappa shape index (κ1) is 21.0. The minimum atomic E-state index is -0.653. The minimum Gasteiger partial charge on any atom is -0.483 e. The SMILES string of the molecule is CC1CN(c2ccc(NC(=O)COc3cc(Cl)ccc3C(N)=O)cc2)CC(C)O1. The number of morpholine rings is 1. The molecule has 1 fully saturated rings. The Hall–Kier alpha value is -2.77. The monoisotopic (exact) mass is 417 g/mol. The highest BCUT2D eigenvalue weighted by molar-refractivity contribution is 6.30. The number of nitrogens with one attached hydrogen (secondary N) is 1. The molecule has 2 aromatic rings. The van der Waals surface area contributed by atoms with Gasteiger partial charge in [0.05, 0.1) is 17.8 Å². The van der Waals surface area contributed by atoms with Gasteiger partial charge in [0, 0.05) is 29.5 Å². The van der Waals surface area contributed by atoms with E-state index >= 15 is 0 Å². The summed E-state index contributed by atoms with van der Waals surface area (Å²) in [5.41, 5.74) is 7.21. The maximum atomic E-state index is 12.2. The molecule has 154 valence electrons. The van der Waals surface area contributed by atoms with Gasteiger partial charge in [-0.1, -0.05) is 11.6 Å². The van der Waals surface area contributed by atoms with Crippen LogP contribution in [0.5, 0.6) is 5.75 Å². The summed E-state index contributed by atoms with van der Waals surface area (Å²) in [6, 6.07) is 12.1. The van der Waals surface area contributed by atoms with Gasteiger partial charge in [-0.05, 0) is 56.3 Å². The number of nitrogens with zero attached hydrogens (tertiary/aromatic N) is 1. The molecule has 0 aromatic heterocycles. The molecule has 2 atom stereocenters. The van der Waals surface area contributed by atoms with Gasteiger partial charge in [0.2, 0.25) is 0 Å². The molecule has 29 heavy (non-hydrogen) atoms. The Kier molecular flexibility index (Phi) is 6.61. The number of ether oxygens (including phenoxy) is 2. The zero-order valence-corrected chi connectivity index (χ0v) is 17.1. The second-order valence-corrected chi connectivity index (χ2v) is 7.49. The topological polar surface area (TPSA) is 93.9 Å². The third kappa shape index (κ3) is 5.62. The van der Waals surface area contributed by atoms with E-state index in [1.807, 2.05) is 24.3 Å². The van der Waals surface area contributed by atoms with E-state index < -0.39 is 5.91 Å². The van der Waals surface area contributed by atoms with Crippen molar-refractivity contribution in [2.45, 2.75) is 26.1 Å². The van der Waals surface area contributed by atoms with Crippen LogP contribution in [0.1, 0.15) is 24.2 Å². The fourth-order valence-corrected chi connectivity index (χ4v) is 3.47. The second-order valence-electron chi connectivity index (χ2n) is 7.05. The predicted molar refractivity (Wildman–Crippen MR) is 113 cm³/mol. The van der Waals surface area contributed by atoms with Gasteiger partial charge in [0.15, 0.2) is 6.61 Å². The van der Waals surface area contributed by atoms with Crippen LogP contribution in [0.2, 0.25) is 5.02 Å². The molecule has 3 N–H and O–H groups in total. The largest absolute Gasteiger partial charge is 0.483 e. The molecule has 2 amide bonds. The van der Waals surface area contributed by atoms with Crippen LogP contribution < -0.4 is 20.7 Å². The van der Waals surface area contributed by atoms with Gasteiger partial charge >= 0.3 is 0 Å². The predicted octanol–water partition coefficient (Wildman–Crippen LogP) is 3.07. The van der Waals surface area contributed by atoms with Crippen molar-refractivity contribution in [1.29, 1.82) is 0 Å². The van der Waals surface area contributed by atoms with Crippen LogP contribution in [0, 0.1) is 0 Å². The van der Waals surface area contributed by atoms with Crippen molar-refractivity contribution in [3.05, 3.63) is 53.1 Å². The molecule has 0 spiro atoms. The first-order chi connectivity index (χ1) is 13.8. The number of rotatable bonds is 6. The first-order valence-corrected chi connectivity index (χ1v) is 9.72. The van der Waals surface area contributed by atoms with E-state index in [4.69, 9.17) is 26.8 Å². The number of halogens is 1. The van der Waals surface area contributed by atoms with Crippen LogP contribution in [-0.2, 0) is 9.53 Å². The lowest BCUT2D eigenvalue weighted by Gasteiger charge is -2.36. The quantitative estimate of drug-likeness (QED) is 0.753. The smallest absolute Gasteiger partial charge is 0.262 e. The van der Waals surface area contributed by atoms with E-state index in [2.05, 4.69) is 24.1 Å². The highest BCUT2D eigenvalue weighted by Crippen LogP contribution is 2.24. The number of nitrogens with two attached hydrogens (primary N) is 1. The molecule has 0 saturated carbocycles. The summed E-state index contributed by atoms with van der Waals surface area (Å²) >= 11 is 5.92. The Morgan fingerprint density at radius 1 is 1.17 bits per heavy atom. The van der Waals surface area contributed by atoms with E-state index in [0.717, 1.165) is 18.8 Å². The maximum absolute atomic E-state index is 12.2. The molecule has 2 unspecified atom stereocenters. The Balaban J connectivity index is 1.57. The van der Waals surface area contributed by atoms with E-state index in [1.54, 1.807) is 0 Å². The number of benzene rings is 2. The number of amides is 2. The highest BCUT2D eigenvalue weighted by Gasteiger charge is 2.22. The average molecular weight is 418 g/mol. The van der Waals surface area contributed by atoms with Crippen LogP contribution >= 0.6 is 11.6 Å². The molecular formula is C21H24ClN3O4. The van der Waals surface area contributed by atoms with Gasteiger partial charge in [-0.25, -0.2) is 0 Å². The Morgan fingerprint density at radius 2 is 1.83 bits per heavy atom. The van der Waals surface area contributed by atoms with Gasteiger partial charge in [0.25, 0.3) is 11.8 Å². The average Bonchev–Trinajstić information content (AvgIpc) is 2.66. The minimum absolute atomic E-state index is 0.167. The lowest BCUT2D eigenvalue weighted by molar-refractivity contribution is -0.118. The summed E-state index contributed by atoms with van der Waals surface area (Å²) in [6.45, 7) is 5.49. The second kappa shape index (κ2) is 9.15. The first-order valence-electron chi connectivity index (χ1n) is 9.34. The van der Waals surface area contributed by atoms with Crippen LogP contribution in [-0.4, -0.2) is 43.7 Å². The summed E-state index contributed by atoms with van der Waals surface area (Å²) in [5, 5.41) is 3.15. The fraction of sp³-hybridized carbons (Fsp3) is 0.333. The van der Waals surface area contributed by atoms with Crippen LogP contribution in [0.3, 0.4) is 0 Å². The number of anilines is 2. The van der Waals surface area contributed by atoms with Crippen LogP contribution in [0.4, 0.5) is 11.4 Å². The third-order valence-electron chi connectivity index (χ3n) is 4.50. The van der Waals surface area contributed by atoms with Crippen LogP contribution in [0.25, 0.3) is 0 Å². The Bertz CT molecular complexity index is 878. The van der Waals surface area contributed by atoms with E-state index in [9.17, 15) is 9.59 Å². The van der Waals surface area contributed by atoms with Crippen LogP contribution in [0.15, 0.2) is 42.5 Å². The van der Waals surface area contributed by atoms with Crippen molar-refractivity contribution in [1.82, 2.24) is 0 Å². The summed E-state index contributed by atoms with van der Waals surface area (Å²) in [7, 11) is 0. The van der Waals surface area contributed by atoms with E-state index in [1.165, 1.54) is 18.2 Å². The number of primary amides is 1. The third-order valence-corrected chi connectivity index (χ3v) is 4.74. The van der Waals surface area contributed by atoms with Crippen molar-refractivity contribution in [3.8, 4) is 5.75 Å². The van der Waals surface area contributed by atoms with E-state index in [-0.39, 0.29) is 36.0 Å². The van der Waals surface area contributed by atoms with Crippen molar-refractivity contribution in [3.63, 3.8) is 0 Å². The summed E-state index contributed by atoms with van der Waals surface area (Å²) in [4.78, 5) is 25.9. The molecule has 8 heteroatoms. The zero-order chi connectivity index (χ0) is 21.0. The fourth-order valence-electron chi connectivity index (χ4n) is 3.30. The molecule has 1 heterocycles. The number of carbonyl (C=O) groups is 2. The zero-order valence-electron chi connectivity index (χ0n) is 16.4. The lowest BCUT2D eigenvalue weighted by atomic mass is 10.2. The molecule has 1 aliphatic rings. The molecule has 3 rings (SSSR count). The Morgan fingerprint density at radius 3 is 2.45 bits per heavy atom. The van der Waals surface area contributed by atoms with Gasteiger partial charge in [-0.3, -0.25) is 9.59 Å². The lowest BCUT2D eigenvalue weighted by Crippen LogP contribution is -2.45.